The van der Waals surface area contributed by atoms with Gasteiger partial charge < -0.3 is 4.74 Å². The lowest BCUT2D eigenvalue weighted by atomic mass is 9.96. The highest BCUT2D eigenvalue weighted by atomic mass is 35.5. The van der Waals surface area contributed by atoms with Gasteiger partial charge in [-0.3, -0.25) is 0 Å². The molecule has 0 saturated carbocycles. The minimum Gasteiger partial charge on any atom is -0.439 e. The van der Waals surface area contributed by atoms with Gasteiger partial charge in [0.25, 0.3) is 0 Å². The van der Waals surface area contributed by atoms with Crippen LogP contribution >= 0.6 is 11.6 Å². The quantitative estimate of drug-likeness (QED) is 0.781. The predicted octanol–water partition coefficient (Wildman–Crippen LogP) is 4.09. The molecule has 2 rings (SSSR count). The molecule has 0 saturated heterocycles. The van der Waals surface area contributed by atoms with Gasteiger partial charge in [0.15, 0.2) is 0 Å². The van der Waals surface area contributed by atoms with Gasteiger partial charge in [0.05, 0.1) is 11.6 Å². The molecular formula is C15H14ClN3O. The molecule has 0 bridgehead atoms. The van der Waals surface area contributed by atoms with Crippen molar-refractivity contribution in [2.24, 2.45) is 0 Å². The van der Waals surface area contributed by atoms with E-state index in [0.717, 1.165) is 0 Å². The standard InChI is InChI=1S/C15H14ClN3O/c1-15(2,3)14-18-12(16)8-13(19-14)20-11-6-4-10(9-17)5-7-11/h4-8H,1-3H3. The van der Waals surface area contributed by atoms with Crippen LogP contribution in [0.25, 0.3) is 0 Å². The second-order valence-corrected chi connectivity index (χ2v) is 5.73. The second kappa shape index (κ2) is 5.48. The average Bonchev–Trinajstić information content (AvgIpc) is 2.38. The van der Waals surface area contributed by atoms with Crippen LogP contribution in [0.1, 0.15) is 32.2 Å². The molecular weight excluding hydrogens is 274 g/mol. The maximum absolute atomic E-state index is 8.75. The van der Waals surface area contributed by atoms with Crippen molar-refractivity contribution in [3.63, 3.8) is 0 Å². The number of hydrogen-bond acceptors (Lipinski definition) is 4. The highest BCUT2D eigenvalue weighted by Crippen LogP contribution is 2.26. The number of hydrogen-bond donors (Lipinski definition) is 0. The zero-order valence-corrected chi connectivity index (χ0v) is 12.3. The molecule has 0 unspecified atom stereocenters. The molecule has 0 radical (unpaired) electrons. The lowest BCUT2D eigenvalue weighted by Gasteiger charge is -2.17. The topological polar surface area (TPSA) is 58.8 Å². The molecule has 20 heavy (non-hydrogen) atoms. The van der Waals surface area contributed by atoms with E-state index in [9.17, 15) is 0 Å². The average molecular weight is 288 g/mol. The Hall–Kier alpha value is -2.12. The van der Waals surface area contributed by atoms with Gasteiger partial charge in [-0.05, 0) is 24.3 Å². The first kappa shape index (κ1) is 14.3. The van der Waals surface area contributed by atoms with Gasteiger partial charge in [-0.25, -0.2) is 4.98 Å². The lowest BCUT2D eigenvalue weighted by Crippen LogP contribution is -2.16. The predicted molar refractivity (Wildman–Crippen MR) is 77.0 cm³/mol. The van der Waals surface area contributed by atoms with Crippen LogP contribution in [0.2, 0.25) is 5.15 Å². The highest BCUT2D eigenvalue weighted by Gasteiger charge is 2.19. The van der Waals surface area contributed by atoms with Crippen LogP contribution in [0.5, 0.6) is 11.6 Å². The summed E-state index contributed by atoms with van der Waals surface area (Å²) in [5.41, 5.74) is 0.363. The summed E-state index contributed by atoms with van der Waals surface area (Å²) in [7, 11) is 0. The van der Waals surface area contributed by atoms with Crippen molar-refractivity contribution in [1.82, 2.24) is 9.97 Å². The first-order valence-corrected chi connectivity index (χ1v) is 6.49. The van der Waals surface area contributed by atoms with Gasteiger partial charge in [0.1, 0.15) is 16.7 Å². The fourth-order valence-corrected chi connectivity index (χ4v) is 1.68. The van der Waals surface area contributed by atoms with Crippen LogP contribution < -0.4 is 4.74 Å². The molecule has 0 aliphatic carbocycles. The van der Waals surface area contributed by atoms with Crippen molar-refractivity contribution in [3.05, 3.63) is 46.9 Å². The summed E-state index contributed by atoms with van der Waals surface area (Å²) in [6, 6.07) is 10.4. The van der Waals surface area contributed by atoms with Crippen LogP contribution in [-0.4, -0.2) is 9.97 Å². The van der Waals surface area contributed by atoms with Crippen LogP contribution in [-0.2, 0) is 5.41 Å². The monoisotopic (exact) mass is 287 g/mol. The van der Waals surface area contributed by atoms with E-state index < -0.39 is 0 Å². The lowest BCUT2D eigenvalue weighted by molar-refractivity contribution is 0.446. The largest absolute Gasteiger partial charge is 0.439 e. The van der Waals surface area contributed by atoms with E-state index >= 15 is 0 Å². The minimum absolute atomic E-state index is 0.215. The molecule has 0 atom stereocenters. The number of nitriles is 1. The smallest absolute Gasteiger partial charge is 0.224 e. The highest BCUT2D eigenvalue weighted by molar-refractivity contribution is 6.29. The number of nitrogens with zero attached hydrogens (tertiary/aromatic N) is 3. The van der Waals surface area contributed by atoms with Crippen LogP contribution in [0.4, 0.5) is 0 Å². The number of rotatable bonds is 2. The summed E-state index contributed by atoms with van der Waals surface area (Å²) in [5, 5.41) is 9.09. The van der Waals surface area contributed by atoms with Gasteiger partial charge in [0, 0.05) is 11.5 Å². The fourth-order valence-electron chi connectivity index (χ4n) is 1.50. The maximum atomic E-state index is 8.75. The Labute approximate surface area is 123 Å². The van der Waals surface area contributed by atoms with Crippen LogP contribution in [0.3, 0.4) is 0 Å². The van der Waals surface area contributed by atoms with Crippen LogP contribution in [0.15, 0.2) is 30.3 Å². The van der Waals surface area contributed by atoms with Crippen molar-refractivity contribution < 1.29 is 4.74 Å². The zero-order chi connectivity index (χ0) is 14.8. The van der Waals surface area contributed by atoms with Crippen LogP contribution in [0, 0.1) is 11.3 Å². The van der Waals surface area contributed by atoms with E-state index in [0.29, 0.717) is 28.2 Å². The van der Waals surface area contributed by atoms with Crippen molar-refractivity contribution >= 4 is 11.6 Å². The minimum atomic E-state index is -0.215. The zero-order valence-electron chi connectivity index (χ0n) is 11.5. The van der Waals surface area contributed by atoms with Crippen molar-refractivity contribution in [3.8, 4) is 17.7 Å². The van der Waals surface area contributed by atoms with Crippen molar-refractivity contribution in [1.29, 1.82) is 5.26 Å². The number of aromatic nitrogens is 2. The molecule has 4 nitrogen and oxygen atoms in total. The first-order chi connectivity index (χ1) is 9.38. The molecule has 0 fully saturated rings. The Morgan fingerprint density at radius 2 is 1.80 bits per heavy atom. The normalized spacial score (nSPS) is 10.9. The SMILES string of the molecule is CC(C)(C)c1nc(Cl)cc(Oc2ccc(C#N)cc2)n1. The molecule has 0 N–H and O–H groups in total. The summed E-state index contributed by atoms with van der Waals surface area (Å²) >= 11 is 6.00. The number of benzene rings is 1. The molecule has 5 heteroatoms. The van der Waals surface area contributed by atoms with Gasteiger partial charge in [-0.1, -0.05) is 32.4 Å². The maximum Gasteiger partial charge on any atom is 0.224 e. The number of ether oxygens (including phenoxy) is 1. The second-order valence-electron chi connectivity index (χ2n) is 5.34. The third-order valence-corrected chi connectivity index (χ3v) is 2.74. The van der Waals surface area contributed by atoms with E-state index in [1.165, 1.54) is 0 Å². The Kier molecular flexibility index (Phi) is 3.91. The molecule has 0 amide bonds. The third-order valence-electron chi connectivity index (χ3n) is 2.55. The Balaban J connectivity index is 2.29. The van der Waals surface area contributed by atoms with Crippen molar-refractivity contribution in [2.45, 2.75) is 26.2 Å². The van der Waals surface area contributed by atoms with Gasteiger partial charge >= 0.3 is 0 Å². The summed E-state index contributed by atoms with van der Waals surface area (Å²) in [4.78, 5) is 8.57. The molecule has 102 valence electrons. The fraction of sp³-hybridized carbons (Fsp3) is 0.267. The van der Waals surface area contributed by atoms with Gasteiger partial charge in [-0.2, -0.15) is 10.2 Å². The molecule has 1 aromatic heterocycles. The van der Waals surface area contributed by atoms with Crippen molar-refractivity contribution in [2.75, 3.05) is 0 Å². The molecule has 2 aromatic rings. The van der Waals surface area contributed by atoms with E-state index in [4.69, 9.17) is 21.6 Å². The van der Waals surface area contributed by atoms with Gasteiger partial charge in [0.2, 0.25) is 5.88 Å². The van der Waals surface area contributed by atoms with E-state index in [2.05, 4.69) is 16.0 Å². The van der Waals surface area contributed by atoms with Gasteiger partial charge in [-0.15, -0.1) is 0 Å². The first-order valence-electron chi connectivity index (χ1n) is 6.11. The summed E-state index contributed by atoms with van der Waals surface area (Å²) in [6.45, 7) is 6.01. The molecule has 1 aromatic carbocycles. The van der Waals surface area contributed by atoms with E-state index in [-0.39, 0.29) is 5.41 Å². The molecule has 0 aliphatic heterocycles. The number of halogens is 1. The summed E-state index contributed by atoms with van der Waals surface area (Å²) in [5.74, 6) is 1.60. The Bertz CT molecular complexity index is 654. The Morgan fingerprint density at radius 1 is 1.15 bits per heavy atom. The Morgan fingerprint density at radius 3 is 2.35 bits per heavy atom. The van der Waals surface area contributed by atoms with E-state index in [1.54, 1.807) is 30.3 Å². The molecule has 0 aliphatic rings. The summed E-state index contributed by atoms with van der Waals surface area (Å²) in [6.07, 6.45) is 0. The third kappa shape index (κ3) is 3.46. The molecule has 0 spiro atoms. The van der Waals surface area contributed by atoms with E-state index in [1.807, 2.05) is 20.8 Å². The summed E-state index contributed by atoms with van der Waals surface area (Å²) < 4.78 is 5.65. The molecule has 1 heterocycles.